The smallest absolute Gasteiger partial charge is 0.324 e. The summed E-state index contributed by atoms with van der Waals surface area (Å²) >= 11 is 0. The Balaban J connectivity index is 1.19. The summed E-state index contributed by atoms with van der Waals surface area (Å²) in [6.45, 7) is 16.3. The third kappa shape index (κ3) is 9.16. The second-order valence-corrected chi connectivity index (χ2v) is 19.5. The number of likely N-dealkylation sites (tertiary alicyclic amines) is 1. The molecule has 0 radical (unpaired) electrons. The van der Waals surface area contributed by atoms with E-state index in [1.165, 1.54) is 21.7 Å². The summed E-state index contributed by atoms with van der Waals surface area (Å²) in [4.78, 5) is 72.3. The van der Waals surface area contributed by atoms with Gasteiger partial charge in [0.1, 0.15) is 23.9 Å². The van der Waals surface area contributed by atoms with Crippen LogP contribution in [0.1, 0.15) is 83.5 Å². The number of aromatic nitrogens is 3. The van der Waals surface area contributed by atoms with Crippen LogP contribution < -0.4 is 10.7 Å². The van der Waals surface area contributed by atoms with Gasteiger partial charge in [0.15, 0.2) is 0 Å². The average molecular weight is 889 g/mol. The van der Waals surface area contributed by atoms with Crippen LogP contribution in [0, 0.1) is 17.3 Å². The van der Waals surface area contributed by atoms with E-state index < -0.39 is 47.2 Å². The minimum absolute atomic E-state index is 0.00774. The lowest BCUT2D eigenvalue weighted by Gasteiger charge is -2.37. The van der Waals surface area contributed by atoms with Crippen molar-refractivity contribution in [3.63, 3.8) is 0 Å². The fraction of sp³-hybridized carbons (Fsp3) is 0.520. The molecule has 2 fully saturated rings. The van der Waals surface area contributed by atoms with Crippen LogP contribution in [0.4, 0.5) is 0 Å². The lowest BCUT2D eigenvalue weighted by molar-refractivity contribution is -0.155. The first kappa shape index (κ1) is 45.6. The number of phenols is 1. The summed E-state index contributed by atoms with van der Waals surface area (Å²) in [7, 11) is 1.59. The molecular formula is C50H64N8O7. The first-order valence-corrected chi connectivity index (χ1v) is 23.3. The number of hydrogen-bond donors (Lipinski definition) is 3. The van der Waals surface area contributed by atoms with Crippen molar-refractivity contribution >= 4 is 40.5 Å². The lowest BCUT2D eigenvalue weighted by Crippen LogP contribution is -2.62. The topological polar surface area (TPSA) is 171 Å². The molecule has 6 bridgehead atoms. The van der Waals surface area contributed by atoms with Crippen LogP contribution in [0.15, 0.2) is 55.3 Å². The van der Waals surface area contributed by atoms with Crippen LogP contribution in [-0.2, 0) is 61.1 Å². The Kier molecular flexibility index (Phi) is 13.0. The van der Waals surface area contributed by atoms with Gasteiger partial charge in [-0.25, -0.2) is 5.43 Å². The molecule has 4 aliphatic rings. The normalized spacial score (nSPS) is 21.7. The second kappa shape index (κ2) is 18.5. The highest BCUT2D eigenvalue weighted by molar-refractivity contribution is 5.96. The number of aromatic hydroxyl groups is 1. The van der Waals surface area contributed by atoms with Gasteiger partial charge in [-0.3, -0.25) is 33.7 Å². The maximum atomic E-state index is 14.7. The summed E-state index contributed by atoms with van der Waals surface area (Å²) in [6, 6.07) is 8.73. The number of amides is 4. The van der Waals surface area contributed by atoms with E-state index in [9.17, 15) is 29.1 Å². The summed E-state index contributed by atoms with van der Waals surface area (Å²) in [5.74, 6) is -2.76. The number of carbonyl (C=O) groups excluding carboxylic acids is 5. The van der Waals surface area contributed by atoms with Crippen molar-refractivity contribution in [2.45, 2.75) is 117 Å². The minimum atomic E-state index is -1.15. The van der Waals surface area contributed by atoms with Crippen molar-refractivity contribution in [1.29, 1.82) is 0 Å². The zero-order chi connectivity index (χ0) is 46.3. The summed E-state index contributed by atoms with van der Waals surface area (Å²) in [6.07, 6.45) is 8.43. The monoisotopic (exact) mass is 888 g/mol. The number of cyclic esters (lactones) is 1. The van der Waals surface area contributed by atoms with Gasteiger partial charge < -0.3 is 29.5 Å². The number of esters is 1. The Morgan fingerprint density at radius 3 is 2.62 bits per heavy atom. The number of ether oxygens (including phenoxy) is 1. The van der Waals surface area contributed by atoms with Crippen LogP contribution in [0.3, 0.4) is 0 Å². The number of hydrogen-bond acceptors (Lipinski definition) is 9. The van der Waals surface area contributed by atoms with Gasteiger partial charge in [0, 0.05) is 73.8 Å². The van der Waals surface area contributed by atoms with Crippen molar-refractivity contribution in [1.82, 2.24) is 39.9 Å². The molecule has 0 spiro atoms. The standard InChI is InChI=1S/C50H64N8O7/c1-8-43(60)55-20-17-33(28-55)47(62)54(7)44(30(3)4)46(61)52-40-23-31-21-34(24-35(59)22-31)32-15-16-41-36(25-32)37(45(56(41)9-2)38-27-51-57-18-11-10-14-42(38)57)26-50(5,6)29-65-49(64)39-13-12-19-58(53-39)48(40)63/h8,15-16,21-22,24-25,27,30,33,39-40,44,53,59H,1,9-14,17-20,23,26,28-29H2,2-7H3,(H,52,61)/t33-,39-,40-,44-/m0/s1. The maximum Gasteiger partial charge on any atom is 0.324 e. The molecular weight excluding hydrogens is 825 g/mol. The molecule has 15 nitrogen and oxygen atoms in total. The molecule has 4 amide bonds. The van der Waals surface area contributed by atoms with Gasteiger partial charge in [-0.15, -0.1) is 0 Å². The lowest BCUT2D eigenvalue weighted by atomic mass is 9.84. The molecule has 2 aromatic carbocycles. The predicted molar refractivity (Wildman–Crippen MR) is 247 cm³/mol. The number of likely N-dealkylation sites (N-methyl/N-ethyl adjacent to an activating group) is 1. The largest absolute Gasteiger partial charge is 0.508 e. The molecule has 4 atom stereocenters. The summed E-state index contributed by atoms with van der Waals surface area (Å²) in [5, 5.41) is 21.6. The Morgan fingerprint density at radius 2 is 1.86 bits per heavy atom. The molecule has 65 heavy (non-hydrogen) atoms. The van der Waals surface area contributed by atoms with Crippen molar-refractivity contribution in [3.8, 4) is 28.1 Å². The number of rotatable bonds is 8. The third-order valence-corrected chi connectivity index (χ3v) is 13.8. The molecule has 0 saturated carbocycles. The molecule has 6 heterocycles. The van der Waals surface area contributed by atoms with Crippen molar-refractivity contribution < 1.29 is 33.8 Å². The highest BCUT2D eigenvalue weighted by Crippen LogP contribution is 2.42. The first-order valence-electron chi connectivity index (χ1n) is 23.3. The molecule has 0 unspecified atom stereocenters. The van der Waals surface area contributed by atoms with Gasteiger partial charge in [0.2, 0.25) is 17.7 Å². The number of aryl methyl sites for hydroxylation is 2. The molecule has 4 aromatic rings. The van der Waals surface area contributed by atoms with E-state index in [4.69, 9.17) is 9.84 Å². The van der Waals surface area contributed by atoms with Crippen LogP contribution in [0.2, 0.25) is 0 Å². The molecule has 2 aromatic heterocycles. The maximum absolute atomic E-state index is 14.7. The molecule has 2 saturated heterocycles. The molecule has 346 valence electrons. The molecule has 0 aliphatic carbocycles. The number of nitrogens with zero attached hydrogens (tertiary/aromatic N) is 6. The Labute approximate surface area is 381 Å². The van der Waals surface area contributed by atoms with E-state index in [1.807, 2.05) is 26.1 Å². The van der Waals surface area contributed by atoms with E-state index >= 15 is 0 Å². The Hall–Kier alpha value is -5.96. The molecule has 4 aliphatic heterocycles. The third-order valence-electron chi connectivity index (χ3n) is 13.8. The van der Waals surface area contributed by atoms with E-state index in [-0.39, 0.29) is 49.6 Å². The van der Waals surface area contributed by atoms with Gasteiger partial charge in [-0.2, -0.15) is 5.10 Å². The summed E-state index contributed by atoms with van der Waals surface area (Å²) in [5.41, 5.74) is 10.5. The van der Waals surface area contributed by atoms with Crippen molar-refractivity contribution in [2.75, 3.05) is 33.3 Å². The number of nitrogens with one attached hydrogen (secondary N) is 2. The van der Waals surface area contributed by atoms with E-state index in [0.29, 0.717) is 37.8 Å². The zero-order valence-electron chi connectivity index (χ0n) is 38.7. The van der Waals surface area contributed by atoms with Crippen molar-refractivity contribution in [3.05, 3.63) is 72.1 Å². The van der Waals surface area contributed by atoms with Crippen LogP contribution in [0.25, 0.3) is 33.3 Å². The first-order chi connectivity index (χ1) is 31.1. The Morgan fingerprint density at radius 1 is 1.06 bits per heavy atom. The molecule has 15 heteroatoms. The highest BCUT2D eigenvalue weighted by atomic mass is 16.5. The average Bonchev–Trinajstić information content (AvgIpc) is 4.03. The number of hydrazine groups is 1. The van der Waals surface area contributed by atoms with Gasteiger partial charge >= 0.3 is 5.97 Å². The highest BCUT2D eigenvalue weighted by Gasteiger charge is 2.40. The van der Waals surface area contributed by atoms with Gasteiger partial charge in [0.25, 0.3) is 5.91 Å². The van der Waals surface area contributed by atoms with Crippen LogP contribution in [0.5, 0.6) is 5.75 Å². The van der Waals surface area contributed by atoms with E-state index in [2.05, 4.69) is 65.5 Å². The van der Waals surface area contributed by atoms with Crippen LogP contribution >= 0.6 is 0 Å². The zero-order valence-corrected chi connectivity index (χ0v) is 38.7. The second-order valence-electron chi connectivity index (χ2n) is 19.5. The van der Waals surface area contributed by atoms with Gasteiger partial charge in [0.05, 0.1) is 24.4 Å². The fourth-order valence-corrected chi connectivity index (χ4v) is 10.5. The molecule has 3 N–H and O–H groups in total. The number of carbonyl (C=O) groups is 5. The van der Waals surface area contributed by atoms with Gasteiger partial charge in [-0.05, 0) is 110 Å². The minimum Gasteiger partial charge on any atom is -0.508 e. The number of phenolic OH excluding ortho intramolecular Hbond substituents is 1. The number of fused-ring (bicyclic) bond motifs is 7. The van der Waals surface area contributed by atoms with E-state index in [1.54, 1.807) is 24.1 Å². The van der Waals surface area contributed by atoms with Crippen molar-refractivity contribution in [2.24, 2.45) is 17.3 Å². The SMILES string of the molecule is C=CC(=O)N1CC[C@H](C(=O)N(C)[C@H](C(=O)N[C@H]2Cc3cc(O)cc(c3)-c3ccc4c(c3)c(c(-c3cnn5c3CCCC5)n4CC)CC(C)(C)COC(=O)[C@@H]3CCCN(N3)C2=O)C(C)C)C1. The quantitative estimate of drug-likeness (QED) is 0.155. The Bertz CT molecular complexity index is 2520. The van der Waals surface area contributed by atoms with Crippen LogP contribution in [-0.4, -0.2) is 115 Å². The molecule has 8 rings (SSSR count). The fourth-order valence-electron chi connectivity index (χ4n) is 10.5. The summed E-state index contributed by atoms with van der Waals surface area (Å²) < 4.78 is 10.6. The number of benzene rings is 2. The van der Waals surface area contributed by atoms with E-state index in [0.717, 1.165) is 71.2 Å². The van der Waals surface area contributed by atoms with Gasteiger partial charge in [-0.1, -0.05) is 46.4 Å². The predicted octanol–water partition coefficient (Wildman–Crippen LogP) is 5.40.